The number of nitrogens with one attached hydrogen (secondary N) is 2. The Morgan fingerprint density at radius 3 is 2.55 bits per heavy atom. The van der Waals surface area contributed by atoms with Gasteiger partial charge >= 0.3 is 0 Å². The molecule has 0 fully saturated rings. The molecule has 0 bridgehead atoms. The van der Waals surface area contributed by atoms with Crippen LogP contribution < -0.4 is 10.6 Å². The summed E-state index contributed by atoms with van der Waals surface area (Å²) in [4.78, 5) is 8.29. The molecule has 126 valence electrons. The van der Waals surface area contributed by atoms with E-state index in [0.29, 0.717) is 31.4 Å². The van der Waals surface area contributed by atoms with E-state index < -0.39 is 9.84 Å². The fourth-order valence-corrected chi connectivity index (χ4v) is 2.33. The Morgan fingerprint density at radius 1 is 1.36 bits per heavy atom. The van der Waals surface area contributed by atoms with Gasteiger partial charge in [0.1, 0.15) is 15.6 Å². The Morgan fingerprint density at radius 2 is 2.05 bits per heavy atom. The first-order valence-electron chi connectivity index (χ1n) is 7.19. The number of hydrogen-bond donors (Lipinski definition) is 2. The van der Waals surface area contributed by atoms with Crippen LogP contribution in [-0.4, -0.2) is 45.0 Å². The van der Waals surface area contributed by atoms with Gasteiger partial charge in [-0.3, -0.25) is 4.99 Å². The van der Waals surface area contributed by atoms with E-state index in [-0.39, 0.29) is 11.2 Å². The van der Waals surface area contributed by atoms with Crippen LogP contribution in [0, 0.1) is 0 Å². The van der Waals surface area contributed by atoms with Crippen molar-refractivity contribution in [1.29, 1.82) is 0 Å². The van der Waals surface area contributed by atoms with Crippen LogP contribution in [0.1, 0.15) is 38.8 Å². The number of oxazole rings is 1. The van der Waals surface area contributed by atoms with Crippen molar-refractivity contribution in [1.82, 2.24) is 15.6 Å². The summed E-state index contributed by atoms with van der Waals surface area (Å²) in [5.74, 6) is 2.17. The van der Waals surface area contributed by atoms with Crippen LogP contribution in [0.4, 0.5) is 0 Å². The summed E-state index contributed by atoms with van der Waals surface area (Å²) in [7, 11) is -1.27. The maximum absolute atomic E-state index is 11.0. The fraction of sp³-hybridized carbons (Fsp3) is 0.714. The van der Waals surface area contributed by atoms with Crippen molar-refractivity contribution in [3.05, 3.63) is 17.8 Å². The molecular weight excluding hydrogens is 304 g/mol. The topological polar surface area (TPSA) is 96.6 Å². The van der Waals surface area contributed by atoms with Crippen molar-refractivity contribution < 1.29 is 12.8 Å². The largest absolute Gasteiger partial charge is 0.443 e. The van der Waals surface area contributed by atoms with Gasteiger partial charge < -0.3 is 15.1 Å². The monoisotopic (exact) mass is 330 g/mol. The first kappa shape index (κ1) is 18.5. The summed E-state index contributed by atoms with van der Waals surface area (Å²) in [6.07, 6.45) is 3.50. The molecule has 7 nitrogen and oxygen atoms in total. The molecule has 1 rings (SSSR count). The molecule has 0 aromatic carbocycles. The molecule has 0 spiro atoms. The zero-order chi connectivity index (χ0) is 16.8. The summed E-state index contributed by atoms with van der Waals surface area (Å²) in [5.41, 5.74) is -0.0726. The Kier molecular flexibility index (Phi) is 6.40. The van der Waals surface area contributed by atoms with Gasteiger partial charge in [-0.2, -0.15) is 0 Å². The second kappa shape index (κ2) is 7.62. The van der Waals surface area contributed by atoms with Gasteiger partial charge in [0.15, 0.2) is 5.96 Å². The summed E-state index contributed by atoms with van der Waals surface area (Å²) in [6.45, 7) is 7.14. The average molecular weight is 330 g/mol. The molecule has 0 aliphatic carbocycles. The normalized spacial score (nSPS) is 13.2. The smallest absolute Gasteiger partial charge is 0.213 e. The minimum absolute atomic E-state index is 0.0726. The predicted octanol–water partition coefficient (Wildman–Crippen LogP) is 1.07. The molecule has 0 saturated heterocycles. The van der Waals surface area contributed by atoms with Crippen molar-refractivity contribution in [3.63, 3.8) is 0 Å². The van der Waals surface area contributed by atoms with Crippen LogP contribution in [0.25, 0.3) is 0 Å². The van der Waals surface area contributed by atoms with Crippen LogP contribution in [-0.2, 0) is 21.8 Å². The van der Waals surface area contributed by atoms with Gasteiger partial charge in [0, 0.05) is 25.3 Å². The minimum Gasteiger partial charge on any atom is -0.443 e. The summed E-state index contributed by atoms with van der Waals surface area (Å²) in [5, 5.41) is 6.14. The second-order valence-electron chi connectivity index (χ2n) is 6.20. The Labute approximate surface area is 132 Å². The lowest BCUT2D eigenvalue weighted by atomic mass is 9.94. The second-order valence-corrected chi connectivity index (χ2v) is 8.46. The van der Waals surface area contributed by atoms with E-state index in [2.05, 4.69) is 41.4 Å². The molecule has 0 radical (unpaired) electrons. The molecule has 1 aromatic heterocycles. The lowest BCUT2D eigenvalue weighted by molar-refractivity contribution is 0.379. The highest BCUT2D eigenvalue weighted by Gasteiger charge is 2.19. The highest BCUT2D eigenvalue weighted by Crippen LogP contribution is 2.22. The summed E-state index contributed by atoms with van der Waals surface area (Å²) < 4.78 is 27.8. The van der Waals surface area contributed by atoms with Crippen LogP contribution in [0.3, 0.4) is 0 Å². The molecule has 1 aromatic rings. The Hall–Kier alpha value is -1.57. The highest BCUT2D eigenvalue weighted by molar-refractivity contribution is 7.90. The third kappa shape index (κ3) is 6.93. The van der Waals surface area contributed by atoms with Gasteiger partial charge in [0.25, 0.3) is 0 Å². The molecule has 0 saturated carbocycles. The highest BCUT2D eigenvalue weighted by atomic mass is 32.2. The van der Waals surface area contributed by atoms with Gasteiger partial charge in [-0.15, -0.1) is 0 Å². The Bertz CT molecular complexity index is 600. The first-order chi connectivity index (χ1) is 10.1. The molecule has 0 unspecified atom stereocenters. The third-order valence-corrected chi connectivity index (χ3v) is 3.94. The van der Waals surface area contributed by atoms with E-state index in [4.69, 9.17) is 4.42 Å². The van der Waals surface area contributed by atoms with Crippen molar-refractivity contribution in [2.45, 2.75) is 39.2 Å². The van der Waals surface area contributed by atoms with E-state index in [1.54, 1.807) is 13.2 Å². The molecule has 22 heavy (non-hydrogen) atoms. The number of aromatic nitrogens is 1. The zero-order valence-corrected chi connectivity index (χ0v) is 14.7. The van der Waals surface area contributed by atoms with Crippen molar-refractivity contribution >= 4 is 15.8 Å². The molecule has 0 atom stereocenters. The maximum atomic E-state index is 11.0. The van der Waals surface area contributed by atoms with Crippen LogP contribution in [0.15, 0.2) is 15.6 Å². The molecule has 0 aliphatic heterocycles. The number of nitrogens with zero attached hydrogens (tertiary/aromatic N) is 2. The summed E-state index contributed by atoms with van der Waals surface area (Å²) >= 11 is 0. The maximum Gasteiger partial charge on any atom is 0.213 e. The molecule has 0 aliphatic rings. The number of hydrogen-bond acceptors (Lipinski definition) is 5. The number of aliphatic imine (C=N–C) groups is 1. The van der Waals surface area contributed by atoms with E-state index in [0.717, 1.165) is 5.76 Å². The first-order valence-corrected chi connectivity index (χ1v) is 9.25. The van der Waals surface area contributed by atoms with Crippen molar-refractivity contribution in [2.75, 3.05) is 25.6 Å². The zero-order valence-electron chi connectivity index (χ0n) is 13.9. The molecule has 2 N–H and O–H groups in total. The van der Waals surface area contributed by atoms with E-state index >= 15 is 0 Å². The lowest BCUT2D eigenvalue weighted by Gasteiger charge is -2.13. The number of sulfone groups is 1. The van der Waals surface area contributed by atoms with Crippen LogP contribution in [0.5, 0.6) is 0 Å². The van der Waals surface area contributed by atoms with Crippen LogP contribution >= 0.6 is 0 Å². The van der Waals surface area contributed by atoms with E-state index in [9.17, 15) is 8.42 Å². The predicted molar refractivity (Wildman–Crippen MR) is 87.7 cm³/mol. The molecule has 1 heterocycles. The molecule has 8 heteroatoms. The lowest BCUT2D eigenvalue weighted by Crippen LogP contribution is -2.37. The third-order valence-electron chi connectivity index (χ3n) is 2.91. The van der Waals surface area contributed by atoms with Crippen LogP contribution in [0.2, 0.25) is 0 Å². The fourth-order valence-electron chi connectivity index (χ4n) is 1.66. The number of guanidine groups is 1. The standard InChI is InChI=1S/C14H26N4O3S/c1-14(2,3)11-9-17-12(21-11)10-18-13(15-4)16-7-6-8-22(5,19)20/h9H,6-8,10H2,1-5H3,(H2,15,16,18). The average Bonchev–Trinajstić information content (AvgIpc) is 2.85. The number of rotatable bonds is 6. The molecular formula is C14H26N4O3S. The quantitative estimate of drug-likeness (QED) is 0.460. The van der Waals surface area contributed by atoms with E-state index in [1.807, 2.05) is 0 Å². The van der Waals surface area contributed by atoms with Gasteiger partial charge in [0.2, 0.25) is 5.89 Å². The van der Waals surface area contributed by atoms with Crippen molar-refractivity contribution in [2.24, 2.45) is 4.99 Å². The van der Waals surface area contributed by atoms with Gasteiger partial charge in [-0.1, -0.05) is 20.8 Å². The molecule has 0 amide bonds. The van der Waals surface area contributed by atoms with Gasteiger partial charge in [-0.05, 0) is 6.42 Å². The van der Waals surface area contributed by atoms with Gasteiger partial charge in [0.05, 0.1) is 18.5 Å². The van der Waals surface area contributed by atoms with Crippen molar-refractivity contribution in [3.8, 4) is 0 Å². The van der Waals surface area contributed by atoms with E-state index in [1.165, 1.54) is 6.26 Å². The summed E-state index contributed by atoms with van der Waals surface area (Å²) in [6, 6.07) is 0. The van der Waals surface area contributed by atoms with Gasteiger partial charge in [-0.25, -0.2) is 13.4 Å². The minimum atomic E-state index is -2.92. The Balaban J connectivity index is 2.40. The SMILES string of the molecule is CN=C(NCCCS(C)(=O)=O)NCc1ncc(C(C)(C)C)o1.